The molecule has 3 nitrogen and oxygen atoms in total. The van der Waals surface area contributed by atoms with Crippen molar-refractivity contribution in [1.29, 1.82) is 0 Å². The zero-order chi connectivity index (χ0) is 13.3. The predicted molar refractivity (Wildman–Crippen MR) is 78.1 cm³/mol. The zero-order valence-corrected chi connectivity index (χ0v) is 12.9. The molecule has 3 rings (SSSR count). The fraction of sp³-hybridized carbons (Fsp3) is 0.600. The number of rotatable bonds is 2. The van der Waals surface area contributed by atoms with Gasteiger partial charge in [0, 0.05) is 37.1 Å². The first-order valence-electron chi connectivity index (χ1n) is 6.88. The molecule has 2 fully saturated rings. The molecule has 0 saturated carbocycles. The van der Waals surface area contributed by atoms with Crippen LogP contribution in [0.3, 0.4) is 0 Å². The van der Waals surface area contributed by atoms with Crippen LogP contribution < -0.4 is 0 Å². The van der Waals surface area contributed by atoms with Crippen LogP contribution in [0.1, 0.15) is 18.9 Å². The largest absolute Gasteiger partial charge is 0.378 e. The summed E-state index contributed by atoms with van der Waals surface area (Å²) in [5.41, 5.74) is 1.27. The van der Waals surface area contributed by atoms with E-state index in [9.17, 15) is 0 Å². The Morgan fingerprint density at radius 2 is 2.26 bits per heavy atom. The molecule has 1 spiro atoms. The van der Waals surface area contributed by atoms with Crippen LogP contribution in [0.15, 0.2) is 28.7 Å². The Bertz CT molecular complexity index is 446. The number of hydrogen-bond acceptors (Lipinski definition) is 3. The summed E-state index contributed by atoms with van der Waals surface area (Å²) in [7, 11) is 0. The molecular weight excluding hydrogens is 306 g/mol. The second-order valence-electron chi connectivity index (χ2n) is 5.68. The molecule has 0 bridgehead atoms. The van der Waals surface area contributed by atoms with Crippen molar-refractivity contribution in [1.82, 2.24) is 4.90 Å². The first-order chi connectivity index (χ1) is 9.17. The molecular formula is C15H20BrNO2. The minimum Gasteiger partial charge on any atom is -0.378 e. The van der Waals surface area contributed by atoms with Gasteiger partial charge in [-0.15, -0.1) is 0 Å². The van der Waals surface area contributed by atoms with Crippen molar-refractivity contribution in [3.05, 3.63) is 34.3 Å². The van der Waals surface area contributed by atoms with Gasteiger partial charge < -0.3 is 9.47 Å². The van der Waals surface area contributed by atoms with Crippen LogP contribution in [-0.4, -0.2) is 42.9 Å². The van der Waals surface area contributed by atoms with Crippen molar-refractivity contribution >= 4 is 15.9 Å². The molecule has 4 heteroatoms. The monoisotopic (exact) mass is 325 g/mol. The molecule has 0 N–H and O–H groups in total. The molecule has 1 aromatic rings. The third kappa shape index (κ3) is 3.02. The Morgan fingerprint density at radius 1 is 1.42 bits per heavy atom. The summed E-state index contributed by atoms with van der Waals surface area (Å²) in [6.45, 7) is 6.66. The van der Waals surface area contributed by atoms with Gasteiger partial charge in [0.15, 0.2) is 0 Å². The predicted octanol–water partition coefficient (Wildman–Crippen LogP) is 2.83. The maximum Gasteiger partial charge on any atom is 0.107 e. The molecule has 0 unspecified atom stereocenters. The SMILES string of the molecule is C[C@@H]1CN(Cc2ccccc2Br)C[C@]2(CCOC2)O1. The van der Waals surface area contributed by atoms with Crippen molar-refractivity contribution < 1.29 is 9.47 Å². The molecule has 2 saturated heterocycles. The fourth-order valence-corrected chi connectivity index (χ4v) is 3.54. The Kier molecular flexibility index (Phi) is 3.94. The van der Waals surface area contributed by atoms with Crippen LogP contribution in [0.2, 0.25) is 0 Å². The van der Waals surface area contributed by atoms with Gasteiger partial charge in [-0.25, -0.2) is 0 Å². The topological polar surface area (TPSA) is 21.7 Å². The van der Waals surface area contributed by atoms with Crippen LogP contribution >= 0.6 is 15.9 Å². The van der Waals surface area contributed by atoms with E-state index >= 15 is 0 Å². The molecule has 2 aliphatic heterocycles. The first kappa shape index (κ1) is 13.6. The van der Waals surface area contributed by atoms with Crippen molar-refractivity contribution in [3.63, 3.8) is 0 Å². The summed E-state index contributed by atoms with van der Waals surface area (Å²) in [5, 5.41) is 0. The third-order valence-electron chi connectivity index (χ3n) is 3.90. The van der Waals surface area contributed by atoms with E-state index in [2.05, 4.69) is 52.0 Å². The Balaban J connectivity index is 1.72. The summed E-state index contributed by atoms with van der Waals surface area (Å²) in [4.78, 5) is 2.49. The van der Waals surface area contributed by atoms with E-state index in [1.54, 1.807) is 0 Å². The molecule has 1 aromatic carbocycles. The van der Waals surface area contributed by atoms with E-state index in [0.29, 0.717) is 0 Å². The number of benzene rings is 1. The minimum absolute atomic E-state index is 0.0705. The normalized spacial score (nSPS) is 32.0. The summed E-state index contributed by atoms with van der Waals surface area (Å²) in [6, 6.07) is 8.44. The van der Waals surface area contributed by atoms with Crippen LogP contribution in [0.5, 0.6) is 0 Å². The van der Waals surface area contributed by atoms with Crippen molar-refractivity contribution in [2.24, 2.45) is 0 Å². The van der Waals surface area contributed by atoms with Gasteiger partial charge in [-0.3, -0.25) is 4.90 Å². The molecule has 2 atom stereocenters. The van der Waals surface area contributed by atoms with Gasteiger partial charge >= 0.3 is 0 Å². The van der Waals surface area contributed by atoms with Crippen molar-refractivity contribution in [3.8, 4) is 0 Å². The van der Waals surface area contributed by atoms with Gasteiger partial charge in [0.25, 0.3) is 0 Å². The highest BCUT2D eigenvalue weighted by Gasteiger charge is 2.42. The highest BCUT2D eigenvalue weighted by atomic mass is 79.9. The Hall–Kier alpha value is -0.420. The van der Waals surface area contributed by atoms with Gasteiger partial charge in [-0.2, -0.15) is 0 Å². The van der Waals surface area contributed by atoms with E-state index in [1.165, 1.54) is 10.0 Å². The van der Waals surface area contributed by atoms with E-state index in [-0.39, 0.29) is 11.7 Å². The van der Waals surface area contributed by atoms with Gasteiger partial charge in [-0.1, -0.05) is 34.1 Å². The zero-order valence-electron chi connectivity index (χ0n) is 11.3. The fourth-order valence-electron chi connectivity index (χ4n) is 3.13. The minimum atomic E-state index is -0.0705. The van der Waals surface area contributed by atoms with Crippen molar-refractivity contribution in [2.75, 3.05) is 26.3 Å². The molecule has 2 heterocycles. The van der Waals surface area contributed by atoms with E-state index in [0.717, 1.165) is 39.3 Å². The molecule has 2 aliphatic rings. The molecule has 0 radical (unpaired) electrons. The van der Waals surface area contributed by atoms with E-state index < -0.39 is 0 Å². The standard InChI is InChI=1S/C15H20BrNO2/c1-12-8-17(9-13-4-2-3-5-14(13)16)10-15(19-12)6-7-18-11-15/h2-5,12H,6-11H2,1H3/t12-,15+/m1/s1. The van der Waals surface area contributed by atoms with Gasteiger partial charge in [-0.05, 0) is 18.6 Å². The number of ether oxygens (including phenoxy) is 2. The average molecular weight is 326 g/mol. The second kappa shape index (κ2) is 5.52. The summed E-state index contributed by atoms with van der Waals surface area (Å²) in [5.74, 6) is 0. The van der Waals surface area contributed by atoms with Crippen molar-refractivity contribution in [2.45, 2.75) is 31.6 Å². The van der Waals surface area contributed by atoms with Gasteiger partial charge in [0.1, 0.15) is 5.60 Å². The smallest absolute Gasteiger partial charge is 0.107 e. The lowest BCUT2D eigenvalue weighted by Crippen LogP contribution is -2.55. The lowest BCUT2D eigenvalue weighted by molar-refractivity contribution is -0.149. The summed E-state index contributed by atoms with van der Waals surface area (Å²) in [6.07, 6.45) is 1.29. The Morgan fingerprint density at radius 3 is 3.00 bits per heavy atom. The maximum absolute atomic E-state index is 6.15. The maximum atomic E-state index is 6.15. The van der Waals surface area contributed by atoms with Gasteiger partial charge in [0.2, 0.25) is 0 Å². The lowest BCUT2D eigenvalue weighted by atomic mass is 9.99. The average Bonchev–Trinajstić information content (AvgIpc) is 2.79. The molecule has 104 valence electrons. The van der Waals surface area contributed by atoms with Gasteiger partial charge in [0.05, 0.1) is 12.7 Å². The number of morpholine rings is 1. The second-order valence-corrected chi connectivity index (χ2v) is 6.53. The van der Waals surface area contributed by atoms with Crippen LogP contribution in [0, 0.1) is 0 Å². The summed E-state index contributed by atoms with van der Waals surface area (Å²) < 4.78 is 12.9. The molecule has 0 aromatic heterocycles. The first-order valence-corrected chi connectivity index (χ1v) is 7.68. The molecule has 0 aliphatic carbocycles. The lowest BCUT2D eigenvalue weighted by Gasteiger charge is -2.43. The quantitative estimate of drug-likeness (QED) is 0.834. The highest BCUT2D eigenvalue weighted by molar-refractivity contribution is 9.10. The van der Waals surface area contributed by atoms with Crippen LogP contribution in [-0.2, 0) is 16.0 Å². The van der Waals surface area contributed by atoms with Crippen LogP contribution in [0.4, 0.5) is 0 Å². The van der Waals surface area contributed by atoms with E-state index in [1.807, 2.05) is 0 Å². The summed E-state index contributed by atoms with van der Waals surface area (Å²) >= 11 is 3.63. The Labute approximate surface area is 123 Å². The number of hydrogen-bond donors (Lipinski definition) is 0. The van der Waals surface area contributed by atoms with E-state index in [4.69, 9.17) is 9.47 Å². The third-order valence-corrected chi connectivity index (χ3v) is 4.67. The molecule has 0 amide bonds. The number of halogens is 1. The highest BCUT2D eigenvalue weighted by Crippen LogP contribution is 2.31. The molecule has 19 heavy (non-hydrogen) atoms. The van der Waals surface area contributed by atoms with Crippen LogP contribution in [0.25, 0.3) is 0 Å². The number of nitrogens with zero attached hydrogens (tertiary/aromatic N) is 1.